The Morgan fingerprint density at radius 2 is 1.93 bits per heavy atom. The van der Waals surface area contributed by atoms with Crippen LogP contribution in [0.1, 0.15) is 24.1 Å². The van der Waals surface area contributed by atoms with Gasteiger partial charge in [0.05, 0.1) is 6.54 Å². The van der Waals surface area contributed by atoms with Gasteiger partial charge in [-0.3, -0.25) is 9.89 Å². The highest BCUT2D eigenvalue weighted by molar-refractivity contribution is 14.0. The number of hydrogen-bond donors (Lipinski definition) is 1. The Morgan fingerprint density at radius 3 is 2.55 bits per heavy atom. The normalized spacial score (nSPS) is 15.8. The van der Waals surface area contributed by atoms with Gasteiger partial charge in [-0.1, -0.05) is 29.8 Å². The second-order valence-electron chi connectivity index (χ2n) is 7.71. The Labute approximate surface area is 197 Å². The lowest BCUT2D eigenvalue weighted by Gasteiger charge is -2.33. The molecular formula is C22H33ClIN5. The number of aryl methyl sites for hydroxylation is 1. The fourth-order valence-electron chi connectivity index (χ4n) is 3.82. The standard InChI is InChI=1S/C22H32ClN5.HI/c1-24-22(27(3)17-20-8-6-12-26(20)2)25-15-18-10-13-28(14-11-18)16-19-7-4-5-9-21(19)23;/h4-9,12,18H,10-11,13-17H2,1-3H3,(H,24,25);1H. The topological polar surface area (TPSA) is 35.8 Å². The van der Waals surface area contributed by atoms with Crippen molar-refractivity contribution >= 4 is 41.5 Å². The molecule has 0 radical (unpaired) electrons. The molecule has 0 atom stereocenters. The van der Waals surface area contributed by atoms with Crippen LogP contribution in [0.3, 0.4) is 0 Å². The monoisotopic (exact) mass is 529 g/mol. The first-order valence-corrected chi connectivity index (χ1v) is 10.4. The lowest BCUT2D eigenvalue weighted by Crippen LogP contribution is -2.43. The van der Waals surface area contributed by atoms with E-state index in [1.165, 1.54) is 24.1 Å². The Hall–Kier alpha value is -1.25. The maximum Gasteiger partial charge on any atom is 0.193 e. The van der Waals surface area contributed by atoms with E-state index in [1.54, 1.807) is 0 Å². The van der Waals surface area contributed by atoms with Gasteiger partial charge in [-0.05, 0) is 55.6 Å². The van der Waals surface area contributed by atoms with E-state index in [2.05, 4.69) is 69.2 Å². The van der Waals surface area contributed by atoms with Crippen molar-refractivity contribution in [2.75, 3.05) is 33.7 Å². The molecule has 3 rings (SSSR count). The van der Waals surface area contributed by atoms with Gasteiger partial charge in [-0.2, -0.15) is 0 Å². The molecule has 0 amide bonds. The number of halogens is 2. The van der Waals surface area contributed by atoms with Crippen LogP contribution in [-0.4, -0.2) is 54.1 Å². The maximum atomic E-state index is 6.31. The van der Waals surface area contributed by atoms with Gasteiger partial charge in [0, 0.05) is 51.1 Å². The summed E-state index contributed by atoms with van der Waals surface area (Å²) in [6, 6.07) is 12.4. The zero-order valence-electron chi connectivity index (χ0n) is 17.6. The minimum Gasteiger partial charge on any atom is -0.356 e. The van der Waals surface area contributed by atoms with Crippen molar-refractivity contribution in [1.29, 1.82) is 0 Å². The van der Waals surface area contributed by atoms with Crippen LogP contribution in [-0.2, 0) is 20.1 Å². The molecule has 7 heteroatoms. The van der Waals surface area contributed by atoms with E-state index in [4.69, 9.17) is 11.6 Å². The van der Waals surface area contributed by atoms with Crippen LogP contribution in [0.25, 0.3) is 0 Å². The summed E-state index contributed by atoms with van der Waals surface area (Å²) in [6.45, 7) is 5.01. The average molecular weight is 530 g/mol. The number of benzene rings is 1. The second-order valence-corrected chi connectivity index (χ2v) is 8.11. The Morgan fingerprint density at radius 1 is 1.21 bits per heavy atom. The summed E-state index contributed by atoms with van der Waals surface area (Å²) in [5, 5.41) is 4.44. The molecule has 1 N–H and O–H groups in total. The first-order valence-electron chi connectivity index (χ1n) is 10.0. The molecular weight excluding hydrogens is 497 g/mol. The highest BCUT2D eigenvalue weighted by Crippen LogP contribution is 2.22. The summed E-state index contributed by atoms with van der Waals surface area (Å²) in [5.74, 6) is 1.64. The number of hydrogen-bond acceptors (Lipinski definition) is 2. The molecule has 2 aromatic rings. The molecule has 0 bridgehead atoms. The smallest absolute Gasteiger partial charge is 0.193 e. The van der Waals surface area contributed by atoms with Gasteiger partial charge in [0.15, 0.2) is 5.96 Å². The van der Waals surface area contributed by atoms with Gasteiger partial charge in [0.2, 0.25) is 0 Å². The van der Waals surface area contributed by atoms with E-state index < -0.39 is 0 Å². The SMILES string of the molecule is CN=C(NCC1CCN(Cc2ccccc2Cl)CC1)N(C)Cc1cccn1C.I. The minimum atomic E-state index is 0. The van der Waals surface area contributed by atoms with Crippen molar-refractivity contribution in [3.63, 3.8) is 0 Å². The predicted molar refractivity (Wildman–Crippen MR) is 133 cm³/mol. The lowest BCUT2D eigenvalue weighted by atomic mass is 9.96. The molecule has 1 aromatic heterocycles. The number of rotatable bonds is 6. The van der Waals surface area contributed by atoms with Crippen LogP contribution in [0.4, 0.5) is 0 Å². The van der Waals surface area contributed by atoms with E-state index in [0.717, 1.165) is 43.7 Å². The third kappa shape index (κ3) is 6.89. The molecule has 1 aliphatic heterocycles. The van der Waals surface area contributed by atoms with E-state index in [1.807, 2.05) is 19.2 Å². The molecule has 5 nitrogen and oxygen atoms in total. The molecule has 1 saturated heterocycles. The predicted octanol–water partition coefficient (Wildman–Crippen LogP) is 4.22. The van der Waals surface area contributed by atoms with Crippen LogP contribution in [0.2, 0.25) is 5.02 Å². The summed E-state index contributed by atoms with van der Waals surface area (Å²) >= 11 is 6.31. The van der Waals surface area contributed by atoms with Gasteiger partial charge in [0.1, 0.15) is 0 Å². The quantitative estimate of drug-likeness (QED) is 0.346. The molecule has 0 saturated carbocycles. The summed E-state index contributed by atoms with van der Waals surface area (Å²) in [6.07, 6.45) is 4.49. The van der Waals surface area contributed by atoms with Gasteiger partial charge in [-0.15, -0.1) is 24.0 Å². The van der Waals surface area contributed by atoms with Crippen molar-refractivity contribution in [1.82, 2.24) is 19.7 Å². The molecule has 0 unspecified atom stereocenters. The Kier molecular flexibility index (Phi) is 9.79. The molecule has 1 aliphatic rings. The number of piperidine rings is 1. The zero-order valence-corrected chi connectivity index (χ0v) is 20.7. The zero-order chi connectivity index (χ0) is 19.9. The van der Waals surface area contributed by atoms with Crippen molar-refractivity contribution in [2.45, 2.75) is 25.9 Å². The molecule has 1 fully saturated rings. The number of guanidine groups is 1. The Bertz CT molecular complexity index is 783. The van der Waals surface area contributed by atoms with Gasteiger partial charge in [0.25, 0.3) is 0 Å². The summed E-state index contributed by atoms with van der Waals surface area (Å²) < 4.78 is 2.15. The van der Waals surface area contributed by atoms with E-state index in [9.17, 15) is 0 Å². The number of nitrogens with one attached hydrogen (secondary N) is 1. The molecule has 0 spiro atoms. The first-order chi connectivity index (χ1) is 13.6. The highest BCUT2D eigenvalue weighted by atomic mass is 127. The molecule has 2 heterocycles. The van der Waals surface area contributed by atoms with Gasteiger partial charge in [-0.25, -0.2) is 0 Å². The molecule has 160 valence electrons. The van der Waals surface area contributed by atoms with Crippen LogP contribution >= 0.6 is 35.6 Å². The largest absolute Gasteiger partial charge is 0.356 e. The minimum absolute atomic E-state index is 0. The fourth-order valence-corrected chi connectivity index (χ4v) is 4.01. The van der Waals surface area contributed by atoms with E-state index in [0.29, 0.717) is 5.92 Å². The number of aliphatic imine (C=N–C) groups is 1. The number of nitrogens with zero attached hydrogens (tertiary/aromatic N) is 4. The Balaban J connectivity index is 0.00000300. The van der Waals surface area contributed by atoms with Gasteiger partial charge >= 0.3 is 0 Å². The van der Waals surface area contributed by atoms with Crippen molar-refractivity contribution in [3.8, 4) is 0 Å². The van der Waals surface area contributed by atoms with Crippen molar-refractivity contribution < 1.29 is 0 Å². The highest BCUT2D eigenvalue weighted by Gasteiger charge is 2.20. The van der Waals surface area contributed by atoms with Crippen LogP contribution in [0.5, 0.6) is 0 Å². The van der Waals surface area contributed by atoms with E-state index in [-0.39, 0.29) is 24.0 Å². The molecule has 0 aliphatic carbocycles. The summed E-state index contributed by atoms with van der Waals surface area (Å²) in [4.78, 5) is 9.15. The van der Waals surface area contributed by atoms with Crippen LogP contribution in [0, 0.1) is 5.92 Å². The maximum absolute atomic E-state index is 6.31. The lowest BCUT2D eigenvalue weighted by molar-refractivity contribution is 0.177. The molecule has 29 heavy (non-hydrogen) atoms. The third-order valence-corrected chi connectivity index (χ3v) is 6.00. The van der Waals surface area contributed by atoms with Gasteiger partial charge < -0.3 is 14.8 Å². The average Bonchev–Trinajstić information content (AvgIpc) is 3.10. The summed E-state index contributed by atoms with van der Waals surface area (Å²) in [7, 11) is 6.03. The fraction of sp³-hybridized carbons (Fsp3) is 0.500. The first kappa shape index (κ1) is 24.0. The molecule has 1 aromatic carbocycles. The van der Waals surface area contributed by atoms with Crippen LogP contribution in [0.15, 0.2) is 47.6 Å². The number of likely N-dealkylation sites (tertiary alicyclic amines) is 1. The second kappa shape index (κ2) is 11.8. The van der Waals surface area contributed by atoms with Crippen molar-refractivity contribution in [3.05, 3.63) is 58.9 Å². The van der Waals surface area contributed by atoms with E-state index >= 15 is 0 Å². The van der Waals surface area contributed by atoms with Crippen molar-refractivity contribution in [2.24, 2.45) is 18.0 Å². The summed E-state index contributed by atoms with van der Waals surface area (Å²) in [5.41, 5.74) is 2.50. The van der Waals surface area contributed by atoms with Crippen LogP contribution < -0.4 is 5.32 Å². The number of aromatic nitrogens is 1. The third-order valence-electron chi connectivity index (χ3n) is 5.63.